The molecule has 2 atom stereocenters. The maximum Gasteiger partial charge on any atom is 0.126 e. The number of nitrogens with one attached hydrogen (secondary N) is 1. The van der Waals surface area contributed by atoms with Crippen molar-refractivity contribution in [2.24, 2.45) is 5.41 Å². The number of anilines is 1. The highest BCUT2D eigenvalue weighted by Gasteiger charge is 2.48. The molecule has 0 aromatic carbocycles. The van der Waals surface area contributed by atoms with Gasteiger partial charge in [-0.1, -0.05) is 13.8 Å². The molecule has 0 aliphatic heterocycles. The highest BCUT2D eigenvalue weighted by atomic mass is 79.9. The lowest BCUT2D eigenvalue weighted by Gasteiger charge is -2.51. The number of aromatic nitrogens is 1. The standard InChI is InChI=1S/C13H19BrN2O/c1-8-5-12(15-7-9(8)14)16-10-6-11(17-4)13(10,2)3/h5,7,10-11H,6H2,1-4H3,(H,15,16). The third kappa shape index (κ3) is 2.33. The quantitative estimate of drug-likeness (QED) is 0.929. The average molecular weight is 299 g/mol. The molecule has 0 bridgehead atoms. The van der Waals surface area contributed by atoms with Crippen LogP contribution in [0.5, 0.6) is 0 Å². The largest absolute Gasteiger partial charge is 0.381 e. The molecule has 1 aromatic heterocycles. The number of ether oxygens (including phenoxy) is 1. The summed E-state index contributed by atoms with van der Waals surface area (Å²) in [5.41, 5.74) is 1.36. The fourth-order valence-corrected chi connectivity index (χ4v) is 2.54. The molecule has 1 N–H and O–H groups in total. The molecule has 1 fully saturated rings. The highest BCUT2D eigenvalue weighted by Crippen LogP contribution is 2.43. The Balaban J connectivity index is 2.05. The SMILES string of the molecule is COC1CC(Nc2cc(C)c(Br)cn2)C1(C)C. The summed E-state index contributed by atoms with van der Waals surface area (Å²) < 4.78 is 6.49. The Morgan fingerprint density at radius 2 is 2.24 bits per heavy atom. The van der Waals surface area contributed by atoms with Crippen LogP contribution in [0.3, 0.4) is 0 Å². The Kier molecular flexibility index (Phi) is 3.46. The summed E-state index contributed by atoms with van der Waals surface area (Å²) in [4.78, 5) is 4.38. The third-order valence-electron chi connectivity index (χ3n) is 3.83. The Morgan fingerprint density at radius 3 is 2.76 bits per heavy atom. The van der Waals surface area contributed by atoms with E-state index in [1.54, 1.807) is 7.11 Å². The molecule has 1 aliphatic rings. The van der Waals surface area contributed by atoms with E-state index in [1.807, 2.05) is 6.20 Å². The van der Waals surface area contributed by atoms with E-state index < -0.39 is 0 Å². The molecule has 2 rings (SSSR count). The van der Waals surface area contributed by atoms with E-state index in [4.69, 9.17) is 4.74 Å². The predicted molar refractivity (Wildman–Crippen MR) is 73.3 cm³/mol. The third-order valence-corrected chi connectivity index (χ3v) is 4.66. The zero-order valence-corrected chi connectivity index (χ0v) is 12.3. The van der Waals surface area contributed by atoms with Gasteiger partial charge in [0.05, 0.1) is 6.10 Å². The van der Waals surface area contributed by atoms with Gasteiger partial charge < -0.3 is 10.1 Å². The minimum absolute atomic E-state index is 0.164. The molecule has 3 nitrogen and oxygen atoms in total. The molecule has 1 aliphatic carbocycles. The Hall–Kier alpha value is -0.610. The van der Waals surface area contributed by atoms with Crippen molar-refractivity contribution in [3.63, 3.8) is 0 Å². The number of nitrogens with zero attached hydrogens (tertiary/aromatic N) is 1. The van der Waals surface area contributed by atoms with Crippen LogP contribution in [0.1, 0.15) is 25.8 Å². The lowest BCUT2D eigenvalue weighted by molar-refractivity contribution is -0.0795. The second-order valence-electron chi connectivity index (χ2n) is 5.30. The zero-order valence-electron chi connectivity index (χ0n) is 10.7. The molecule has 0 spiro atoms. The van der Waals surface area contributed by atoms with Crippen molar-refractivity contribution in [3.8, 4) is 0 Å². The first-order valence-electron chi connectivity index (χ1n) is 5.86. The first kappa shape index (κ1) is 12.8. The molecule has 1 heterocycles. The first-order valence-corrected chi connectivity index (χ1v) is 6.66. The van der Waals surface area contributed by atoms with E-state index in [-0.39, 0.29) is 5.41 Å². The van der Waals surface area contributed by atoms with Crippen molar-refractivity contribution in [3.05, 3.63) is 22.3 Å². The normalized spacial score (nSPS) is 26.4. The second kappa shape index (κ2) is 4.58. The van der Waals surface area contributed by atoms with Crippen LogP contribution < -0.4 is 5.32 Å². The maximum atomic E-state index is 5.44. The Labute approximate surface area is 111 Å². The minimum atomic E-state index is 0.164. The Morgan fingerprint density at radius 1 is 1.53 bits per heavy atom. The van der Waals surface area contributed by atoms with E-state index in [2.05, 4.69) is 53.1 Å². The molecule has 1 aromatic rings. The molecule has 1 saturated carbocycles. The fraction of sp³-hybridized carbons (Fsp3) is 0.615. The van der Waals surface area contributed by atoms with E-state index in [0.717, 1.165) is 16.7 Å². The number of methoxy groups -OCH3 is 1. The van der Waals surface area contributed by atoms with Gasteiger partial charge in [-0.25, -0.2) is 4.98 Å². The maximum absolute atomic E-state index is 5.44. The van der Waals surface area contributed by atoms with Gasteiger partial charge in [0.1, 0.15) is 5.82 Å². The van der Waals surface area contributed by atoms with Crippen LogP contribution in [-0.2, 0) is 4.74 Å². The van der Waals surface area contributed by atoms with Gasteiger partial charge in [-0.2, -0.15) is 0 Å². The number of hydrogen-bond acceptors (Lipinski definition) is 3. The molecular weight excluding hydrogens is 280 g/mol. The summed E-state index contributed by atoms with van der Waals surface area (Å²) in [6.45, 7) is 6.53. The van der Waals surface area contributed by atoms with Gasteiger partial charge >= 0.3 is 0 Å². The van der Waals surface area contributed by atoms with Gasteiger partial charge in [0.2, 0.25) is 0 Å². The summed E-state index contributed by atoms with van der Waals surface area (Å²) in [5, 5.41) is 3.49. The highest BCUT2D eigenvalue weighted by molar-refractivity contribution is 9.10. The van der Waals surface area contributed by atoms with E-state index in [0.29, 0.717) is 12.1 Å². The van der Waals surface area contributed by atoms with Gasteiger partial charge in [0.25, 0.3) is 0 Å². The van der Waals surface area contributed by atoms with Crippen LogP contribution in [0.2, 0.25) is 0 Å². The van der Waals surface area contributed by atoms with Crippen molar-refractivity contribution >= 4 is 21.7 Å². The van der Waals surface area contributed by atoms with Crippen LogP contribution in [-0.4, -0.2) is 24.2 Å². The molecule has 17 heavy (non-hydrogen) atoms. The minimum Gasteiger partial charge on any atom is -0.381 e. The molecule has 0 saturated heterocycles. The monoisotopic (exact) mass is 298 g/mol. The molecule has 2 unspecified atom stereocenters. The smallest absolute Gasteiger partial charge is 0.126 e. The molecule has 0 amide bonds. The van der Waals surface area contributed by atoms with Crippen LogP contribution in [0.15, 0.2) is 16.7 Å². The molecule has 4 heteroatoms. The lowest BCUT2D eigenvalue weighted by atomic mass is 9.64. The average Bonchev–Trinajstić information content (AvgIpc) is 2.28. The number of pyridine rings is 1. The summed E-state index contributed by atoms with van der Waals surface area (Å²) in [6.07, 6.45) is 3.23. The van der Waals surface area contributed by atoms with Gasteiger partial charge in [-0.3, -0.25) is 0 Å². The summed E-state index contributed by atoms with van der Waals surface area (Å²) >= 11 is 3.46. The number of aryl methyl sites for hydroxylation is 1. The van der Waals surface area contributed by atoms with Crippen LogP contribution >= 0.6 is 15.9 Å². The van der Waals surface area contributed by atoms with Crippen molar-refractivity contribution in [1.82, 2.24) is 4.98 Å². The van der Waals surface area contributed by atoms with E-state index >= 15 is 0 Å². The predicted octanol–water partition coefficient (Wildman–Crippen LogP) is 3.38. The Bertz CT molecular complexity index is 420. The van der Waals surface area contributed by atoms with Crippen LogP contribution in [0, 0.1) is 12.3 Å². The summed E-state index contributed by atoms with van der Waals surface area (Å²) in [6, 6.07) is 2.50. The molecular formula is C13H19BrN2O. The van der Waals surface area contributed by atoms with Gasteiger partial charge in [-0.15, -0.1) is 0 Å². The van der Waals surface area contributed by atoms with Gasteiger partial charge in [-0.05, 0) is 40.9 Å². The van der Waals surface area contributed by atoms with E-state index in [1.165, 1.54) is 5.56 Å². The van der Waals surface area contributed by atoms with Crippen molar-refractivity contribution in [2.75, 3.05) is 12.4 Å². The molecule has 94 valence electrons. The van der Waals surface area contributed by atoms with Crippen molar-refractivity contribution < 1.29 is 4.74 Å². The molecule has 0 radical (unpaired) electrons. The topological polar surface area (TPSA) is 34.1 Å². The summed E-state index contributed by atoms with van der Waals surface area (Å²) in [7, 11) is 1.78. The van der Waals surface area contributed by atoms with Gasteiger partial charge in [0.15, 0.2) is 0 Å². The second-order valence-corrected chi connectivity index (χ2v) is 6.15. The number of hydrogen-bond donors (Lipinski definition) is 1. The number of halogens is 1. The van der Waals surface area contributed by atoms with Crippen LogP contribution in [0.25, 0.3) is 0 Å². The summed E-state index contributed by atoms with van der Waals surface area (Å²) in [5.74, 6) is 0.943. The van der Waals surface area contributed by atoms with Crippen molar-refractivity contribution in [2.45, 2.75) is 39.3 Å². The zero-order chi connectivity index (χ0) is 12.6. The van der Waals surface area contributed by atoms with E-state index in [9.17, 15) is 0 Å². The van der Waals surface area contributed by atoms with Crippen LogP contribution in [0.4, 0.5) is 5.82 Å². The van der Waals surface area contributed by atoms with Crippen molar-refractivity contribution in [1.29, 1.82) is 0 Å². The van der Waals surface area contributed by atoms with Gasteiger partial charge in [0, 0.05) is 29.2 Å². The fourth-order valence-electron chi connectivity index (χ4n) is 2.33. The first-order chi connectivity index (χ1) is 7.95. The number of rotatable bonds is 3. The lowest BCUT2D eigenvalue weighted by Crippen LogP contribution is -2.57.